The standard InChI is InChI=1S/C17H22N2.C16H20F3NO.C15H20N2.C13H17NO.C12H15ClO.C12H16O2.C11H13NOS.C11H19NS/c1-17(2,3)14-9-10-19-15(11-14)12-18-16(19)13-7-5-4-6-8-13;1-15(2,3)13-8-14(21)20(10-13)9-11-5-4-6-12(7-11)16(17,18)19;1-15(2,3)10-9-13-11-16-17(12-13)14-7-5-4-6-8-14;1-13(2,3)12-9-11(15-14-12)10-7-5-4-6-8-10;1-12(2,3)11-7-8-6-9(13)4-5-10(8)14-11;1-12(2,3)7-9-4-5-10-11(6-9)14-8-13-10;1-11(2,3)9-7-14-10(12-9)8-5-4-6-13-8;1-10(2,3)8-7-13-9(12-8)11(4,5)6/h4-8,12,14H,9-11H2,1-3H3;4-7,13H,8-10H2,1-3H3;4-8,11-12H,9-10H2,1-3H3;4-8,11H,9H2,1-3H3;4-6,11H,7H2,1-3H3;4-6H,7-8H2,1-3H3;4-7H,1-3H3;7H,1-6H3. The summed E-state index contributed by atoms with van der Waals surface area (Å²) in [5.41, 5.74) is 14.0. The summed E-state index contributed by atoms with van der Waals surface area (Å²) in [6, 6.07) is 52.0. The van der Waals surface area contributed by atoms with Crippen molar-refractivity contribution in [1.82, 2.24) is 34.2 Å². The van der Waals surface area contributed by atoms with Crippen LogP contribution in [-0.4, -0.2) is 65.3 Å². The molecule has 1 fully saturated rings. The fraction of sp³-hybridized carbons (Fsp3) is 0.495. The number of rotatable bonds is 9. The minimum absolute atomic E-state index is 0.0207. The minimum atomic E-state index is -4.35. The number of oxime groups is 1. The second-order valence-corrected chi connectivity index (χ2v) is 45.9. The van der Waals surface area contributed by atoms with Crippen LogP contribution < -0.4 is 14.2 Å². The van der Waals surface area contributed by atoms with Crippen LogP contribution in [0.5, 0.6) is 17.2 Å². The Balaban J connectivity index is 0.000000165. The number of halogens is 4. The average Bonchev–Trinajstić information content (AvgIpc) is 1.67. The molecule has 127 heavy (non-hydrogen) atoms. The zero-order valence-electron chi connectivity index (χ0n) is 80.7. The Bertz CT molecular complexity index is 5250. The predicted molar refractivity (Wildman–Crippen MR) is 519 cm³/mol. The maximum absolute atomic E-state index is 12.7. The number of hydrogen-bond donors (Lipinski definition) is 0. The first-order valence-electron chi connectivity index (χ1n) is 44.7. The van der Waals surface area contributed by atoms with Gasteiger partial charge in [0.15, 0.2) is 28.4 Å². The summed E-state index contributed by atoms with van der Waals surface area (Å²) >= 11 is 9.33. The fourth-order valence-corrected chi connectivity index (χ4v) is 16.8. The number of amides is 1. The van der Waals surface area contributed by atoms with Gasteiger partial charge in [-0.3, -0.25) is 4.79 Å². The number of hydrogen-bond acceptors (Lipinski definition) is 13. The van der Waals surface area contributed by atoms with Gasteiger partial charge in [-0.1, -0.05) is 301 Å². The van der Waals surface area contributed by atoms with E-state index in [-0.39, 0.29) is 63.1 Å². The third-order valence-corrected chi connectivity index (χ3v) is 25.1. The van der Waals surface area contributed by atoms with Gasteiger partial charge < -0.3 is 32.9 Å². The van der Waals surface area contributed by atoms with Crippen LogP contribution >= 0.6 is 34.3 Å². The number of aromatic nitrogens is 6. The van der Waals surface area contributed by atoms with E-state index < -0.39 is 11.7 Å². The van der Waals surface area contributed by atoms with Crippen molar-refractivity contribution in [1.29, 1.82) is 0 Å². The van der Waals surface area contributed by atoms with Crippen molar-refractivity contribution in [2.24, 2.45) is 49.5 Å². The number of aryl methyl sites for hydroxylation is 1. The summed E-state index contributed by atoms with van der Waals surface area (Å²) in [6.45, 7) is 61.9. The molecule has 4 atom stereocenters. The van der Waals surface area contributed by atoms with E-state index in [1.165, 1.54) is 63.1 Å². The van der Waals surface area contributed by atoms with Crippen LogP contribution in [0.1, 0.15) is 274 Å². The second-order valence-electron chi connectivity index (χ2n) is 43.7. The SMILES string of the molecule is CC(C)(C)C1=NOC(c2ccccc2)C1.CC(C)(C)C1CC(=O)N(Cc2cccc(C(F)(F)F)c2)C1.CC(C)(C)C1CCn2c(cnc2-c2ccccc2)C1.CC(C)(C)C1Cc2cc(Cl)ccc2O1.CC(C)(C)CCc1cnn(-c2ccccc2)c1.CC(C)(C)Cc1ccc2c(c1)OCO2.CC(C)(C)c1csc(-c2ccco2)n1.CC(C)(C)c1csc(C(C)(C)C)n1. The summed E-state index contributed by atoms with van der Waals surface area (Å²) in [6.07, 6.45) is 12.0. The van der Waals surface area contributed by atoms with Gasteiger partial charge in [0, 0.05) is 100.0 Å². The lowest BCUT2D eigenvalue weighted by Gasteiger charge is -2.34. The summed E-state index contributed by atoms with van der Waals surface area (Å²) in [4.78, 5) is 33.0. The Labute approximate surface area is 770 Å². The van der Waals surface area contributed by atoms with E-state index in [0.29, 0.717) is 41.6 Å². The molecule has 0 bridgehead atoms. The summed E-state index contributed by atoms with van der Waals surface area (Å²) in [5, 5.41) is 15.8. The highest BCUT2D eigenvalue weighted by Gasteiger charge is 2.39. The number of benzene rings is 6. The van der Waals surface area contributed by atoms with Crippen molar-refractivity contribution >= 4 is 45.9 Å². The van der Waals surface area contributed by atoms with E-state index in [9.17, 15) is 18.0 Å². The lowest BCUT2D eigenvalue weighted by molar-refractivity contribution is -0.137. The van der Waals surface area contributed by atoms with Crippen LogP contribution in [0.15, 0.2) is 209 Å². The molecule has 686 valence electrons. The van der Waals surface area contributed by atoms with Crippen molar-refractivity contribution in [2.75, 3.05) is 13.3 Å². The number of furan rings is 1. The van der Waals surface area contributed by atoms with Crippen LogP contribution in [0.25, 0.3) is 27.8 Å². The summed E-state index contributed by atoms with van der Waals surface area (Å²) in [7, 11) is 0. The molecule has 10 heterocycles. The monoisotopic (exact) mass is 1790 g/mol. The molecule has 0 radical (unpaired) electrons. The molecular weight excluding hydrogens is 1650 g/mol. The number of alkyl halides is 3. The number of carbonyl (C=O) groups is 1. The van der Waals surface area contributed by atoms with Gasteiger partial charge in [-0.2, -0.15) is 18.3 Å². The Hall–Kier alpha value is -9.30. The highest BCUT2D eigenvalue weighted by molar-refractivity contribution is 7.13. The molecule has 11 aromatic rings. The zero-order chi connectivity index (χ0) is 93.5. The van der Waals surface area contributed by atoms with Crippen molar-refractivity contribution in [2.45, 2.75) is 286 Å². The normalized spacial score (nSPS) is 16.8. The molecule has 1 amide bonds. The Morgan fingerprint density at radius 2 is 1.17 bits per heavy atom. The predicted octanol–water partition coefficient (Wildman–Crippen LogP) is 29.8. The third kappa shape index (κ3) is 31.5. The lowest BCUT2D eigenvalue weighted by Crippen LogP contribution is -2.30. The molecule has 0 N–H and O–H groups in total. The van der Waals surface area contributed by atoms with Crippen molar-refractivity contribution in [3.05, 3.63) is 260 Å². The van der Waals surface area contributed by atoms with Crippen molar-refractivity contribution in [3.8, 4) is 45.1 Å². The van der Waals surface area contributed by atoms with E-state index in [2.05, 4.69) is 307 Å². The molecule has 0 spiro atoms. The second kappa shape index (κ2) is 42.5. The highest BCUT2D eigenvalue weighted by atomic mass is 35.5. The van der Waals surface area contributed by atoms with Gasteiger partial charge in [0.05, 0.1) is 45.8 Å². The van der Waals surface area contributed by atoms with E-state index in [1.807, 2.05) is 83.7 Å². The lowest BCUT2D eigenvalue weighted by atomic mass is 9.75. The first kappa shape index (κ1) is 101. The van der Waals surface area contributed by atoms with Crippen LogP contribution in [0, 0.1) is 44.3 Å². The molecule has 0 saturated carbocycles. The first-order valence-corrected chi connectivity index (χ1v) is 46.9. The molecule has 5 aliphatic heterocycles. The van der Waals surface area contributed by atoms with Gasteiger partial charge in [0.1, 0.15) is 17.7 Å². The summed E-state index contributed by atoms with van der Waals surface area (Å²) < 4.78 is 64.2. The summed E-state index contributed by atoms with van der Waals surface area (Å²) in [5.74, 6) is 5.75. The van der Waals surface area contributed by atoms with Crippen molar-refractivity contribution in [3.63, 3.8) is 0 Å². The fourth-order valence-electron chi connectivity index (χ4n) is 14.4. The molecule has 5 aliphatic rings. The number of fused-ring (bicyclic) bond motifs is 3. The van der Waals surface area contributed by atoms with Crippen LogP contribution in [0.3, 0.4) is 0 Å². The molecule has 1 saturated heterocycles. The first-order chi connectivity index (χ1) is 59.0. The molecule has 0 aliphatic carbocycles. The number of likely N-dealkylation sites (tertiary alicyclic amines) is 1. The zero-order valence-corrected chi connectivity index (χ0v) is 83.1. The van der Waals surface area contributed by atoms with Gasteiger partial charge in [-0.25, -0.2) is 19.6 Å². The molecule has 4 unspecified atom stereocenters. The molecule has 20 heteroatoms. The van der Waals surface area contributed by atoms with Crippen LogP contribution in [0.4, 0.5) is 13.2 Å². The largest absolute Gasteiger partial charge is 0.489 e. The number of nitrogens with zero attached hydrogens (tertiary/aromatic N) is 8. The van der Waals surface area contributed by atoms with Gasteiger partial charge in [-0.05, 0) is 166 Å². The van der Waals surface area contributed by atoms with E-state index in [1.54, 1.807) is 39.9 Å². The Kier molecular flexibility index (Phi) is 34.0. The minimum Gasteiger partial charge on any atom is -0.489 e. The average molecular weight is 1790 g/mol. The third-order valence-electron chi connectivity index (χ3n) is 22.7. The maximum atomic E-state index is 12.7. The van der Waals surface area contributed by atoms with E-state index in [4.69, 9.17) is 35.1 Å². The number of imidazole rings is 1. The van der Waals surface area contributed by atoms with Gasteiger partial charge >= 0.3 is 6.18 Å². The molecule has 14 nitrogen and oxygen atoms in total. The van der Waals surface area contributed by atoms with Crippen LogP contribution in [-0.2, 0) is 70.8 Å². The maximum Gasteiger partial charge on any atom is 0.416 e. The highest BCUT2D eigenvalue weighted by Crippen LogP contribution is 2.43. The molecule has 16 rings (SSSR count). The van der Waals surface area contributed by atoms with Gasteiger partial charge in [-0.15, -0.1) is 22.7 Å². The number of carbonyl (C=O) groups excluding carboxylic acids is 1. The number of thiazole rings is 2. The molecule has 5 aromatic heterocycles. The topological polar surface area (TPSA) is 144 Å². The molecular formula is C107H142ClF3N8O6S2. The van der Waals surface area contributed by atoms with E-state index in [0.717, 1.165) is 113 Å². The van der Waals surface area contributed by atoms with Crippen molar-refractivity contribution < 1.29 is 41.4 Å². The number of ether oxygens (including phenoxy) is 3. The molecule has 6 aromatic carbocycles. The quantitative estimate of drug-likeness (QED) is 0.137. The number of para-hydroxylation sites is 1. The Morgan fingerprint density at radius 3 is 1.72 bits per heavy atom. The van der Waals surface area contributed by atoms with Crippen LogP contribution in [0.2, 0.25) is 5.02 Å². The Morgan fingerprint density at radius 1 is 0.543 bits per heavy atom. The van der Waals surface area contributed by atoms with E-state index >= 15 is 0 Å². The smallest absolute Gasteiger partial charge is 0.416 e. The van der Waals surface area contributed by atoms with Gasteiger partial charge in [0.2, 0.25) is 12.7 Å². The van der Waals surface area contributed by atoms with Gasteiger partial charge in [0.25, 0.3) is 0 Å².